The van der Waals surface area contributed by atoms with Crippen molar-refractivity contribution in [3.8, 4) is 0 Å². The summed E-state index contributed by atoms with van der Waals surface area (Å²) in [5.74, 6) is 2.15. The standard InChI is InChI=1S/C15H28N2/c1-17-9-8-15(11-17)16-14-7-6-12-4-2-3-5-13(12)10-14/h12-16H,2-11H2,1H3. The highest BCUT2D eigenvalue weighted by Gasteiger charge is 2.33. The highest BCUT2D eigenvalue weighted by Crippen LogP contribution is 2.40. The SMILES string of the molecule is CN1CCC(NC2CCC3CCCCC3C2)C1. The van der Waals surface area contributed by atoms with Gasteiger partial charge in [-0.15, -0.1) is 0 Å². The van der Waals surface area contributed by atoms with Gasteiger partial charge < -0.3 is 10.2 Å². The zero-order valence-corrected chi connectivity index (χ0v) is 11.3. The molecule has 4 atom stereocenters. The van der Waals surface area contributed by atoms with Crippen molar-refractivity contribution < 1.29 is 0 Å². The maximum atomic E-state index is 3.94. The number of likely N-dealkylation sites (N-methyl/N-ethyl adjacent to an activating group) is 1. The molecule has 98 valence electrons. The highest BCUT2D eigenvalue weighted by atomic mass is 15.2. The van der Waals surface area contributed by atoms with E-state index in [9.17, 15) is 0 Å². The summed E-state index contributed by atoms with van der Waals surface area (Å²) >= 11 is 0. The van der Waals surface area contributed by atoms with Gasteiger partial charge in [-0.25, -0.2) is 0 Å². The summed E-state index contributed by atoms with van der Waals surface area (Å²) in [5, 5.41) is 3.94. The van der Waals surface area contributed by atoms with Crippen molar-refractivity contribution in [2.24, 2.45) is 11.8 Å². The van der Waals surface area contributed by atoms with E-state index in [1.54, 1.807) is 0 Å². The molecule has 1 heterocycles. The number of fused-ring (bicyclic) bond motifs is 1. The quantitative estimate of drug-likeness (QED) is 0.793. The van der Waals surface area contributed by atoms with E-state index in [0.29, 0.717) is 0 Å². The van der Waals surface area contributed by atoms with Crippen LogP contribution in [0.1, 0.15) is 51.4 Å². The van der Waals surface area contributed by atoms with Gasteiger partial charge in [0.15, 0.2) is 0 Å². The van der Waals surface area contributed by atoms with E-state index in [4.69, 9.17) is 0 Å². The van der Waals surface area contributed by atoms with Crippen LogP contribution in [-0.2, 0) is 0 Å². The minimum absolute atomic E-state index is 0.783. The molecule has 1 saturated heterocycles. The van der Waals surface area contributed by atoms with Crippen molar-refractivity contribution in [1.82, 2.24) is 10.2 Å². The predicted molar refractivity (Wildman–Crippen MR) is 72.1 cm³/mol. The zero-order chi connectivity index (χ0) is 11.7. The summed E-state index contributed by atoms with van der Waals surface area (Å²) in [4.78, 5) is 2.46. The maximum absolute atomic E-state index is 3.94. The molecule has 4 unspecified atom stereocenters. The smallest absolute Gasteiger partial charge is 0.0209 e. The lowest BCUT2D eigenvalue weighted by Gasteiger charge is -2.40. The van der Waals surface area contributed by atoms with E-state index in [-0.39, 0.29) is 0 Å². The number of nitrogens with zero attached hydrogens (tertiary/aromatic N) is 1. The van der Waals surface area contributed by atoms with Gasteiger partial charge in [0.25, 0.3) is 0 Å². The Bertz CT molecular complexity index is 251. The molecule has 0 bridgehead atoms. The predicted octanol–water partition coefficient (Wildman–Crippen LogP) is 2.64. The minimum Gasteiger partial charge on any atom is -0.310 e. The lowest BCUT2D eigenvalue weighted by Crippen LogP contribution is -2.44. The second-order valence-electron chi connectivity index (χ2n) is 6.73. The third kappa shape index (κ3) is 2.85. The van der Waals surface area contributed by atoms with Crippen molar-refractivity contribution in [2.45, 2.75) is 63.5 Å². The lowest BCUT2D eigenvalue weighted by atomic mass is 9.69. The fourth-order valence-corrected chi connectivity index (χ4v) is 4.43. The Kier molecular flexibility index (Phi) is 3.72. The molecule has 0 aromatic carbocycles. The van der Waals surface area contributed by atoms with Gasteiger partial charge in [-0.1, -0.05) is 25.7 Å². The molecular weight excluding hydrogens is 208 g/mol. The summed E-state index contributed by atoms with van der Waals surface area (Å²) in [7, 11) is 2.25. The molecule has 2 heteroatoms. The van der Waals surface area contributed by atoms with Crippen LogP contribution in [0.4, 0.5) is 0 Å². The summed E-state index contributed by atoms with van der Waals surface area (Å²) in [6.45, 7) is 2.56. The van der Waals surface area contributed by atoms with Crippen LogP contribution in [0.2, 0.25) is 0 Å². The number of likely N-dealkylation sites (tertiary alicyclic amines) is 1. The summed E-state index contributed by atoms with van der Waals surface area (Å²) in [6.07, 6.45) is 11.8. The third-order valence-electron chi connectivity index (χ3n) is 5.40. The maximum Gasteiger partial charge on any atom is 0.0209 e. The topological polar surface area (TPSA) is 15.3 Å². The Hall–Kier alpha value is -0.0800. The normalized spacial score (nSPS) is 43.6. The van der Waals surface area contributed by atoms with Gasteiger partial charge in [0, 0.05) is 18.6 Å². The van der Waals surface area contributed by atoms with Crippen LogP contribution in [0.5, 0.6) is 0 Å². The molecular formula is C15H28N2. The molecule has 0 radical (unpaired) electrons. The average Bonchev–Trinajstić information content (AvgIpc) is 2.75. The fourth-order valence-electron chi connectivity index (χ4n) is 4.43. The molecule has 0 aromatic heterocycles. The second-order valence-corrected chi connectivity index (χ2v) is 6.73. The van der Waals surface area contributed by atoms with Crippen LogP contribution < -0.4 is 5.32 Å². The van der Waals surface area contributed by atoms with Gasteiger partial charge in [-0.2, -0.15) is 0 Å². The fraction of sp³-hybridized carbons (Fsp3) is 1.00. The van der Waals surface area contributed by atoms with Crippen molar-refractivity contribution in [2.75, 3.05) is 20.1 Å². The first-order valence-electron chi connectivity index (χ1n) is 7.76. The lowest BCUT2D eigenvalue weighted by molar-refractivity contribution is 0.139. The second kappa shape index (κ2) is 5.27. The van der Waals surface area contributed by atoms with Crippen LogP contribution in [0.25, 0.3) is 0 Å². The molecule has 0 amide bonds. The van der Waals surface area contributed by atoms with E-state index in [1.807, 2.05) is 0 Å². The Morgan fingerprint density at radius 2 is 1.71 bits per heavy atom. The number of hydrogen-bond acceptors (Lipinski definition) is 2. The van der Waals surface area contributed by atoms with Crippen LogP contribution in [0.3, 0.4) is 0 Å². The van der Waals surface area contributed by atoms with E-state index in [2.05, 4.69) is 17.3 Å². The Morgan fingerprint density at radius 1 is 0.882 bits per heavy atom. The van der Waals surface area contributed by atoms with Gasteiger partial charge in [0.1, 0.15) is 0 Å². The molecule has 1 N–H and O–H groups in total. The average molecular weight is 236 g/mol. The van der Waals surface area contributed by atoms with Crippen LogP contribution in [0, 0.1) is 11.8 Å². The molecule has 1 aliphatic heterocycles. The monoisotopic (exact) mass is 236 g/mol. The van der Waals surface area contributed by atoms with E-state index >= 15 is 0 Å². The first kappa shape index (κ1) is 12.0. The molecule has 2 nitrogen and oxygen atoms in total. The number of rotatable bonds is 2. The third-order valence-corrected chi connectivity index (χ3v) is 5.40. The molecule has 2 aliphatic carbocycles. The molecule has 3 fully saturated rings. The van der Waals surface area contributed by atoms with Crippen LogP contribution in [0.15, 0.2) is 0 Å². The first-order chi connectivity index (χ1) is 8.31. The Labute approximate surface area is 106 Å². The van der Waals surface area contributed by atoms with Crippen LogP contribution >= 0.6 is 0 Å². The number of hydrogen-bond donors (Lipinski definition) is 1. The van der Waals surface area contributed by atoms with Gasteiger partial charge >= 0.3 is 0 Å². The summed E-state index contributed by atoms with van der Waals surface area (Å²) in [5.41, 5.74) is 0. The molecule has 17 heavy (non-hydrogen) atoms. The molecule has 2 saturated carbocycles. The van der Waals surface area contributed by atoms with Gasteiger partial charge in [0.2, 0.25) is 0 Å². The van der Waals surface area contributed by atoms with Gasteiger partial charge in [-0.3, -0.25) is 0 Å². The first-order valence-corrected chi connectivity index (χ1v) is 7.76. The van der Waals surface area contributed by atoms with Crippen molar-refractivity contribution >= 4 is 0 Å². The van der Waals surface area contributed by atoms with Gasteiger partial charge in [-0.05, 0) is 51.1 Å². The van der Waals surface area contributed by atoms with Crippen molar-refractivity contribution in [1.29, 1.82) is 0 Å². The summed E-state index contributed by atoms with van der Waals surface area (Å²) < 4.78 is 0. The molecule has 3 aliphatic rings. The summed E-state index contributed by atoms with van der Waals surface area (Å²) in [6, 6.07) is 1.62. The Balaban J connectivity index is 1.48. The van der Waals surface area contributed by atoms with E-state index in [0.717, 1.165) is 23.9 Å². The Morgan fingerprint density at radius 3 is 2.47 bits per heavy atom. The largest absolute Gasteiger partial charge is 0.310 e. The van der Waals surface area contributed by atoms with E-state index < -0.39 is 0 Å². The molecule has 3 rings (SSSR count). The van der Waals surface area contributed by atoms with E-state index in [1.165, 1.54) is 64.5 Å². The van der Waals surface area contributed by atoms with Crippen LogP contribution in [-0.4, -0.2) is 37.1 Å². The minimum atomic E-state index is 0.783. The van der Waals surface area contributed by atoms with Crippen molar-refractivity contribution in [3.63, 3.8) is 0 Å². The number of nitrogens with one attached hydrogen (secondary N) is 1. The molecule has 0 aromatic rings. The molecule has 0 spiro atoms. The highest BCUT2D eigenvalue weighted by molar-refractivity contribution is 4.89. The van der Waals surface area contributed by atoms with Gasteiger partial charge in [0.05, 0.1) is 0 Å². The van der Waals surface area contributed by atoms with Crippen molar-refractivity contribution in [3.05, 3.63) is 0 Å². The zero-order valence-electron chi connectivity index (χ0n) is 11.3.